The van der Waals surface area contributed by atoms with E-state index in [9.17, 15) is 24.3 Å². The molecule has 0 aliphatic carbocycles. The van der Waals surface area contributed by atoms with Crippen molar-refractivity contribution in [1.29, 1.82) is 0 Å². The molecule has 1 saturated heterocycles. The minimum atomic E-state index is -1.02. The number of aromatic hydroxyl groups is 1. The predicted molar refractivity (Wildman–Crippen MR) is 172 cm³/mol. The number of ether oxygens (including phenoxy) is 2. The lowest BCUT2D eigenvalue weighted by Crippen LogP contribution is -2.60. The van der Waals surface area contributed by atoms with Gasteiger partial charge in [-0.05, 0) is 73.1 Å². The Labute approximate surface area is 270 Å². The first-order chi connectivity index (χ1) is 22.0. The number of amides is 2. The van der Waals surface area contributed by atoms with Gasteiger partial charge < -0.3 is 19.9 Å². The first-order valence-electron chi connectivity index (χ1n) is 16.0. The quantitative estimate of drug-likeness (QED) is 0.428. The molecule has 1 aromatic carbocycles. The number of Topliss-reactive ketones (excluding diaryl/α,β-unsaturated/α-hetero) is 1. The van der Waals surface area contributed by atoms with Gasteiger partial charge in [0.15, 0.2) is 0 Å². The third-order valence-electron chi connectivity index (χ3n) is 8.77. The Hall–Kier alpha value is -4.09. The molecule has 248 valence electrons. The van der Waals surface area contributed by atoms with Gasteiger partial charge in [0.1, 0.15) is 30.2 Å². The van der Waals surface area contributed by atoms with Crippen LogP contribution in [-0.2, 0) is 41.7 Å². The monoisotopic (exact) mass is 634 g/mol. The average molecular weight is 635 g/mol. The van der Waals surface area contributed by atoms with E-state index in [-0.39, 0.29) is 43.0 Å². The van der Waals surface area contributed by atoms with Gasteiger partial charge >= 0.3 is 5.97 Å². The molecule has 1 fully saturated rings. The number of hydrazine groups is 1. The van der Waals surface area contributed by atoms with Crippen LogP contribution in [0, 0.1) is 17.8 Å². The molecule has 4 bridgehead atoms. The van der Waals surface area contributed by atoms with E-state index in [1.54, 1.807) is 37.6 Å². The zero-order chi connectivity index (χ0) is 33.2. The molecule has 5 atom stereocenters. The number of ketones is 1. The SMILES string of the molecule is CO[C@@H]1CC/C=C/c2cc(ccn2)COC(=O)[C@@H]2CCCN(N2)C(=O)[C@H](Cc2cccc(O)c2)NC(=O)[C@H](C(C)C)CC(=O)[C@@H]1C. The van der Waals surface area contributed by atoms with Gasteiger partial charge in [0, 0.05) is 44.5 Å². The van der Waals surface area contributed by atoms with Crippen molar-refractivity contribution in [1.82, 2.24) is 20.7 Å². The molecule has 11 nitrogen and oxygen atoms in total. The summed E-state index contributed by atoms with van der Waals surface area (Å²) in [6, 6.07) is 8.37. The van der Waals surface area contributed by atoms with Crippen LogP contribution in [0.5, 0.6) is 5.75 Å². The van der Waals surface area contributed by atoms with Crippen molar-refractivity contribution in [2.75, 3.05) is 13.7 Å². The summed E-state index contributed by atoms with van der Waals surface area (Å²) in [5.41, 5.74) is 5.15. The van der Waals surface area contributed by atoms with Crippen molar-refractivity contribution in [3.05, 3.63) is 65.5 Å². The first kappa shape index (κ1) is 34.8. The highest BCUT2D eigenvalue weighted by Crippen LogP contribution is 2.24. The normalized spacial score (nSPS) is 26.5. The summed E-state index contributed by atoms with van der Waals surface area (Å²) >= 11 is 0. The van der Waals surface area contributed by atoms with Crippen LogP contribution in [-0.4, -0.2) is 70.5 Å². The van der Waals surface area contributed by atoms with E-state index in [0.717, 1.165) is 5.56 Å². The van der Waals surface area contributed by atoms with Gasteiger partial charge in [-0.2, -0.15) is 0 Å². The highest BCUT2D eigenvalue weighted by atomic mass is 16.5. The highest BCUT2D eigenvalue weighted by Gasteiger charge is 2.36. The summed E-state index contributed by atoms with van der Waals surface area (Å²) in [7, 11) is 1.58. The highest BCUT2D eigenvalue weighted by molar-refractivity contribution is 5.92. The van der Waals surface area contributed by atoms with Crippen LogP contribution in [0.1, 0.15) is 69.7 Å². The molecule has 0 unspecified atom stereocenters. The van der Waals surface area contributed by atoms with Crippen LogP contribution in [0.4, 0.5) is 0 Å². The first-order valence-corrected chi connectivity index (χ1v) is 16.0. The Morgan fingerprint density at radius 3 is 2.67 bits per heavy atom. The fourth-order valence-electron chi connectivity index (χ4n) is 5.91. The fraction of sp³-hybridized carbons (Fsp3) is 0.514. The average Bonchev–Trinajstić information content (AvgIpc) is 3.04. The van der Waals surface area contributed by atoms with Gasteiger partial charge in [0.2, 0.25) is 5.91 Å². The minimum absolute atomic E-state index is 0.00000715. The number of hydrogen-bond donors (Lipinski definition) is 3. The second kappa shape index (κ2) is 16.5. The number of carbonyl (C=O) groups excluding carboxylic acids is 4. The maximum absolute atomic E-state index is 14.0. The largest absolute Gasteiger partial charge is 0.508 e. The minimum Gasteiger partial charge on any atom is -0.508 e. The van der Waals surface area contributed by atoms with Gasteiger partial charge in [-0.15, -0.1) is 0 Å². The number of nitrogens with zero attached hydrogens (tertiary/aromatic N) is 2. The maximum Gasteiger partial charge on any atom is 0.325 e. The Bertz CT molecular complexity index is 1410. The fourth-order valence-corrected chi connectivity index (χ4v) is 5.91. The molecule has 0 spiro atoms. The summed E-state index contributed by atoms with van der Waals surface area (Å²) < 4.78 is 11.3. The number of rotatable bonds is 4. The molecule has 4 rings (SSSR count). The zero-order valence-electron chi connectivity index (χ0n) is 27.1. The van der Waals surface area contributed by atoms with Crippen molar-refractivity contribution in [2.24, 2.45) is 17.8 Å². The topological polar surface area (TPSA) is 147 Å². The van der Waals surface area contributed by atoms with E-state index >= 15 is 0 Å². The van der Waals surface area contributed by atoms with Crippen LogP contribution in [0.2, 0.25) is 0 Å². The van der Waals surface area contributed by atoms with E-state index in [0.29, 0.717) is 43.5 Å². The molecule has 46 heavy (non-hydrogen) atoms. The van der Waals surface area contributed by atoms with Crippen molar-refractivity contribution in [2.45, 2.75) is 84.1 Å². The Balaban J connectivity index is 1.64. The third-order valence-corrected chi connectivity index (χ3v) is 8.77. The van der Waals surface area contributed by atoms with E-state index in [2.05, 4.69) is 15.7 Å². The van der Waals surface area contributed by atoms with Crippen molar-refractivity contribution in [3.63, 3.8) is 0 Å². The van der Waals surface area contributed by atoms with Gasteiger partial charge in [-0.3, -0.25) is 29.2 Å². The summed E-state index contributed by atoms with van der Waals surface area (Å²) in [6.45, 7) is 5.96. The third kappa shape index (κ3) is 9.46. The smallest absolute Gasteiger partial charge is 0.325 e. The number of cyclic esters (lactones) is 1. The molecule has 3 N–H and O–H groups in total. The number of phenols is 1. The number of phenolic OH excluding ortho intramolecular Hbond substituents is 1. The van der Waals surface area contributed by atoms with Gasteiger partial charge in [-0.25, -0.2) is 5.43 Å². The molecule has 1 aromatic heterocycles. The molecular weight excluding hydrogens is 588 g/mol. The van der Waals surface area contributed by atoms with Crippen LogP contribution < -0.4 is 10.7 Å². The van der Waals surface area contributed by atoms with Gasteiger partial charge in [0.05, 0.1) is 11.8 Å². The molecular formula is C35H46N4O7. The predicted octanol–water partition coefficient (Wildman–Crippen LogP) is 3.74. The second-order valence-corrected chi connectivity index (χ2v) is 12.5. The molecule has 2 amide bonds. The molecule has 11 heteroatoms. The number of pyridine rings is 1. The lowest BCUT2D eigenvalue weighted by molar-refractivity contribution is -0.154. The molecule has 0 radical (unpaired) electrons. The lowest BCUT2D eigenvalue weighted by atomic mass is 9.84. The van der Waals surface area contributed by atoms with E-state index in [4.69, 9.17) is 9.47 Å². The molecule has 3 heterocycles. The summed E-state index contributed by atoms with van der Waals surface area (Å²) in [5.74, 6) is -2.68. The van der Waals surface area contributed by atoms with E-state index in [1.807, 2.05) is 39.0 Å². The Morgan fingerprint density at radius 1 is 1.13 bits per heavy atom. The number of nitrogens with one attached hydrogen (secondary N) is 2. The van der Waals surface area contributed by atoms with Crippen LogP contribution in [0.3, 0.4) is 0 Å². The number of fused-ring (bicyclic) bond motifs is 4. The second-order valence-electron chi connectivity index (χ2n) is 12.5. The summed E-state index contributed by atoms with van der Waals surface area (Å²) in [6.07, 6.45) is 7.55. The lowest BCUT2D eigenvalue weighted by Gasteiger charge is -2.35. The number of aromatic nitrogens is 1. The number of allylic oxidation sites excluding steroid dienone is 1. The van der Waals surface area contributed by atoms with Crippen LogP contribution >= 0.6 is 0 Å². The maximum atomic E-state index is 14.0. The zero-order valence-corrected chi connectivity index (χ0v) is 27.1. The van der Waals surface area contributed by atoms with Crippen LogP contribution in [0.15, 0.2) is 48.7 Å². The number of carbonyl (C=O) groups is 4. The Kier molecular flexibility index (Phi) is 12.4. The van der Waals surface area contributed by atoms with Crippen molar-refractivity contribution < 1.29 is 33.8 Å². The van der Waals surface area contributed by atoms with E-state index < -0.39 is 41.7 Å². The van der Waals surface area contributed by atoms with Crippen molar-refractivity contribution >= 4 is 29.6 Å². The molecule has 0 saturated carbocycles. The summed E-state index contributed by atoms with van der Waals surface area (Å²) in [4.78, 5) is 58.7. The molecule has 2 aromatic rings. The molecule has 2 aliphatic heterocycles. The number of esters is 1. The summed E-state index contributed by atoms with van der Waals surface area (Å²) in [5, 5.41) is 14.3. The van der Waals surface area contributed by atoms with Gasteiger partial charge in [-0.1, -0.05) is 39.0 Å². The number of hydrogen-bond acceptors (Lipinski definition) is 9. The number of methoxy groups -OCH3 is 1. The molecule has 2 aliphatic rings. The Morgan fingerprint density at radius 2 is 1.93 bits per heavy atom. The van der Waals surface area contributed by atoms with E-state index in [1.165, 1.54) is 11.1 Å². The number of benzene rings is 1. The van der Waals surface area contributed by atoms with Gasteiger partial charge in [0.25, 0.3) is 5.91 Å². The standard InChI is InChI=1S/C35H46N4O7/c1-22(2)28-20-31(41)23(3)32(45-4)13-6-5-10-26-17-25(14-15-36-26)21-46-35(44)29-12-8-16-39(38-29)34(43)30(37-33(28)42)19-24-9-7-11-27(40)18-24/h5,7,9-11,14-15,17-18,22-23,28-30,32,38,40H,6,8,12-13,16,19-21H2,1-4H3,(H,37,42)/b10-5+/t23-,28-,29-,30-,32+/m0/s1. The van der Waals surface area contributed by atoms with Crippen molar-refractivity contribution in [3.8, 4) is 5.75 Å². The van der Waals surface area contributed by atoms with Crippen LogP contribution in [0.25, 0.3) is 6.08 Å².